The summed E-state index contributed by atoms with van der Waals surface area (Å²) in [6.45, 7) is 34.4. The van der Waals surface area contributed by atoms with Gasteiger partial charge in [0.2, 0.25) is 0 Å². The summed E-state index contributed by atoms with van der Waals surface area (Å²) < 4.78 is 0. The van der Waals surface area contributed by atoms with Crippen molar-refractivity contribution < 1.29 is 28.8 Å². The third kappa shape index (κ3) is 16.5. The standard InChI is InChI=1S/C17H26O2.C14H24O2.C14H22O2/c1-16(2,3)14(18)12-10-7-8-11(9-10)13(12)15(19)17(4,5)6;2*1-13(2,3)11(15)9-7-8-10-12(16)14(4,5)6/h7-8,10-13H,9H2,1-6H3;7-8H,9-10H2,1-6H3;9-10H2,1-6H3/b;8-7+;. The Morgan fingerprint density at radius 2 is 0.706 bits per heavy atom. The summed E-state index contributed by atoms with van der Waals surface area (Å²) in [5, 5.41) is 0. The molecule has 2 rings (SSSR count). The van der Waals surface area contributed by atoms with E-state index >= 15 is 0 Å². The molecule has 4 atom stereocenters. The minimum Gasteiger partial charge on any atom is -0.299 e. The number of ketones is 6. The van der Waals surface area contributed by atoms with E-state index in [1.54, 1.807) is 12.2 Å². The smallest absolute Gasteiger partial charge is 0.150 e. The maximum Gasteiger partial charge on any atom is 0.150 e. The quantitative estimate of drug-likeness (QED) is 0.184. The monoisotopic (exact) mass is 709 g/mol. The summed E-state index contributed by atoms with van der Waals surface area (Å²) in [5.74, 6) is 7.07. The van der Waals surface area contributed by atoms with Crippen molar-refractivity contribution in [1.82, 2.24) is 0 Å². The molecule has 1 saturated carbocycles. The maximum atomic E-state index is 12.7. The summed E-state index contributed by atoms with van der Waals surface area (Å²) in [7, 11) is 0. The summed E-state index contributed by atoms with van der Waals surface area (Å²) in [5.41, 5.74) is -2.00. The molecular weight excluding hydrogens is 636 g/mol. The van der Waals surface area contributed by atoms with Crippen molar-refractivity contribution in [2.24, 2.45) is 56.2 Å². The Kier molecular flexibility index (Phi) is 17.2. The highest BCUT2D eigenvalue weighted by Gasteiger charge is 2.54. The number of carbonyl (C=O) groups excluding carboxylic acids is 6. The SMILES string of the molecule is CC(C)(C)C(=O)C/C=C/CC(=O)C(C)(C)C.CC(C)(C)C(=O)C1C2C=CC(C2)C1C(=O)C(C)(C)C.CC(C)(C)C(=O)CC#CCC(=O)C(C)(C)C. The van der Waals surface area contributed by atoms with Crippen molar-refractivity contribution in [2.75, 3.05) is 0 Å². The second-order valence-corrected chi connectivity index (χ2v) is 20.5. The van der Waals surface area contributed by atoms with E-state index in [0.29, 0.717) is 12.8 Å². The lowest BCUT2D eigenvalue weighted by atomic mass is 9.67. The van der Waals surface area contributed by atoms with Crippen LogP contribution in [0.2, 0.25) is 0 Å². The van der Waals surface area contributed by atoms with Gasteiger partial charge in [0.25, 0.3) is 0 Å². The van der Waals surface area contributed by atoms with Gasteiger partial charge in [-0.15, -0.1) is 0 Å². The van der Waals surface area contributed by atoms with Gasteiger partial charge >= 0.3 is 0 Å². The van der Waals surface area contributed by atoms with Crippen molar-refractivity contribution in [3.8, 4) is 11.8 Å². The predicted octanol–water partition coefficient (Wildman–Crippen LogP) is 10.2. The Hall–Kier alpha value is -2.94. The Morgan fingerprint density at radius 1 is 0.451 bits per heavy atom. The van der Waals surface area contributed by atoms with E-state index in [2.05, 4.69) is 24.0 Å². The molecule has 2 aliphatic rings. The van der Waals surface area contributed by atoms with Crippen LogP contribution in [0.25, 0.3) is 0 Å². The number of hydrogen-bond acceptors (Lipinski definition) is 6. The van der Waals surface area contributed by atoms with Crippen LogP contribution < -0.4 is 0 Å². The highest BCUT2D eigenvalue weighted by molar-refractivity contribution is 5.96. The van der Waals surface area contributed by atoms with Gasteiger partial charge in [-0.25, -0.2) is 0 Å². The molecule has 51 heavy (non-hydrogen) atoms. The fourth-order valence-electron chi connectivity index (χ4n) is 5.35. The van der Waals surface area contributed by atoms with E-state index in [0.717, 1.165) is 6.42 Å². The molecule has 0 aromatic carbocycles. The van der Waals surface area contributed by atoms with Crippen molar-refractivity contribution >= 4 is 34.7 Å². The molecule has 0 N–H and O–H groups in total. The predicted molar refractivity (Wildman–Crippen MR) is 210 cm³/mol. The number of Topliss-reactive ketones (excluding diaryl/α,β-unsaturated/α-hetero) is 6. The van der Waals surface area contributed by atoms with E-state index in [-0.39, 0.29) is 104 Å². The second-order valence-electron chi connectivity index (χ2n) is 20.5. The van der Waals surface area contributed by atoms with E-state index < -0.39 is 0 Å². The van der Waals surface area contributed by atoms with Crippen molar-refractivity contribution in [3.05, 3.63) is 24.3 Å². The molecular formula is C45H72O6. The first-order chi connectivity index (χ1) is 22.6. The lowest BCUT2D eigenvalue weighted by molar-refractivity contribution is -0.141. The molecule has 6 heteroatoms. The molecule has 6 nitrogen and oxygen atoms in total. The third-order valence-corrected chi connectivity index (χ3v) is 9.29. The Morgan fingerprint density at radius 3 is 0.922 bits per heavy atom. The Bertz CT molecular complexity index is 1280. The van der Waals surface area contributed by atoms with Crippen LogP contribution in [-0.2, 0) is 28.8 Å². The molecule has 288 valence electrons. The number of carbonyl (C=O) groups is 6. The molecule has 0 amide bonds. The lowest BCUT2D eigenvalue weighted by Gasteiger charge is -2.34. The highest BCUT2D eigenvalue weighted by atomic mass is 16.2. The fraction of sp³-hybridized carbons (Fsp3) is 0.733. The first-order valence-corrected chi connectivity index (χ1v) is 18.6. The van der Waals surface area contributed by atoms with Gasteiger partial charge < -0.3 is 0 Å². The van der Waals surface area contributed by atoms with Crippen molar-refractivity contribution in [3.63, 3.8) is 0 Å². The van der Waals surface area contributed by atoms with Gasteiger partial charge in [-0.1, -0.05) is 161 Å². The average Bonchev–Trinajstić information content (AvgIpc) is 3.56. The van der Waals surface area contributed by atoms with Gasteiger partial charge in [-0.05, 0) is 18.3 Å². The number of fused-ring (bicyclic) bond motifs is 2. The zero-order chi connectivity index (χ0) is 40.6. The minimum absolute atomic E-state index is 0.0956. The van der Waals surface area contributed by atoms with Gasteiger partial charge in [-0.3, -0.25) is 28.8 Å². The van der Waals surface area contributed by atoms with Gasteiger partial charge in [0, 0.05) is 57.2 Å². The maximum absolute atomic E-state index is 12.7. The Labute approximate surface area is 311 Å². The first kappa shape index (κ1) is 48.1. The topological polar surface area (TPSA) is 102 Å². The fourth-order valence-corrected chi connectivity index (χ4v) is 5.35. The van der Waals surface area contributed by atoms with Crippen LogP contribution in [0.5, 0.6) is 0 Å². The van der Waals surface area contributed by atoms with E-state index in [4.69, 9.17) is 0 Å². The van der Waals surface area contributed by atoms with Crippen LogP contribution >= 0.6 is 0 Å². The molecule has 1 fully saturated rings. The van der Waals surface area contributed by atoms with E-state index in [9.17, 15) is 28.8 Å². The van der Waals surface area contributed by atoms with Gasteiger partial charge in [-0.2, -0.15) is 0 Å². The normalized spacial score (nSPS) is 20.4. The van der Waals surface area contributed by atoms with E-state index in [1.165, 1.54) is 0 Å². The van der Waals surface area contributed by atoms with Crippen LogP contribution in [0.1, 0.15) is 157 Å². The molecule has 0 aromatic heterocycles. The summed E-state index contributed by atoms with van der Waals surface area (Å²) >= 11 is 0. The van der Waals surface area contributed by atoms with Gasteiger partial charge in [0.1, 0.15) is 34.7 Å². The highest BCUT2D eigenvalue weighted by Crippen LogP contribution is 2.52. The first-order valence-electron chi connectivity index (χ1n) is 18.6. The summed E-state index contributed by atoms with van der Waals surface area (Å²) in [6.07, 6.45) is 10.2. The lowest BCUT2D eigenvalue weighted by Crippen LogP contribution is -2.42. The second kappa shape index (κ2) is 18.2. The van der Waals surface area contributed by atoms with Crippen LogP contribution in [0, 0.1) is 68.0 Å². The molecule has 0 spiro atoms. The molecule has 4 unspecified atom stereocenters. The number of hydrogen-bond donors (Lipinski definition) is 0. The molecule has 0 aromatic rings. The average molecular weight is 709 g/mol. The zero-order valence-corrected chi connectivity index (χ0v) is 35.6. The molecule has 0 radical (unpaired) electrons. The van der Waals surface area contributed by atoms with Gasteiger partial charge in [0.05, 0.1) is 12.8 Å². The van der Waals surface area contributed by atoms with Gasteiger partial charge in [0.15, 0.2) is 0 Å². The summed E-state index contributed by atoms with van der Waals surface area (Å²) in [6, 6.07) is 0. The van der Waals surface area contributed by atoms with Crippen molar-refractivity contribution in [2.45, 2.75) is 157 Å². The number of allylic oxidation sites excluding steroid dienone is 4. The Balaban J connectivity index is 0.000000741. The van der Waals surface area contributed by atoms with Crippen LogP contribution in [0.4, 0.5) is 0 Å². The molecule has 2 aliphatic carbocycles. The number of rotatable bonds is 8. The molecule has 2 bridgehead atoms. The zero-order valence-electron chi connectivity index (χ0n) is 35.6. The van der Waals surface area contributed by atoms with Crippen molar-refractivity contribution in [1.29, 1.82) is 0 Å². The molecule has 0 saturated heterocycles. The van der Waals surface area contributed by atoms with E-state index in [1.807, 2.05) is 125 Å². The van der Waals surface area contributed by atoms with Crippen LogP contribution in [-0.4, -0.2) is 34.7 Å². The van der Waals surface area contributed by atoms with Crippen LogP contribution in [0.15, 0.2) is 24.3 Å². The molecule has 0 heterocycles. The largest absolute Gasteiger partial charge is 0.299 e. The third-order valence-electron chi connectivity index (χ3n) is 9.29. The molecule has 0 aliphatic heterocycles. The van der Waals surface area contributed by atoms with Crippen LogP contribution in [0.3, 0.4) is 0 Å². The minimum atomic E-state index is -0.362. The summed E-state index contributed by atoms with van der Waals surface area (Å²) in [4.78, 5) is 71.6.